The molecule has 0 aromatic carbocycles. The Hall–Kier alpha value is -0.830. The van der Waals surface area contributed by atoms with E-state index in [0.717, 1.165) is 12.0 Å². The van der Waals surface area contributed by atoms with Crippen molar-refractivity contribution in [3.05, 3.63) is 12.2 Å². The Bertz CT molecular complexity index is 287. The van der Waals surface area contributed by atoms with Crippen molar-refractivity contribution >= 4 is 5.97 Å². The summed E-state index contributed by atoms with van der Waals surface area (Å²) in [5, 5.41) is 9.83. The molecule has 18 heavy (non-hydrogen) atoms. The molecule has 3 nitrogen and oxygen atoms in total. The zero-order valence-electron chi connectivity index (χ0n) is 12.6. The molecule has 0 spiro atoms. The highest BCUT2D eigenvalue weighted by Gasteiger charge is 2.26. The van der Waals surface area contributed by atoms with Gasteiger partial charge in [0.1, 0.15) is 6.10 Å². The van der Waals surface area contributed by atoms with Gasteiger partial charge in [-0.15, -0.1) is 0 Å². The van der Waals surface area contributed by atoms with Crippen LogP contribution < -0.4 is 0 Å². The second kappa shape index (κ2) is 6.93. The molecule has 0 aromatic rings. The predicted octanol–water partition coefficient (Wildman–Crippen LogP) is 3.32. The number of rotatable bonds is 6. The smallest absolute Gasteiger partial charge is 0.311 e. The van der Waals surface area contributed by atoms with Crippen molar-refractivity contribution in [2.75, 3.05) is 0 Å². The van der Waals surface area contributed by atoms with Crippen molar-refractivity contribution in [2.24, 2.45) is 11.3 Å². The van der Waals surface area contributed by atoms with Crippen molar-refractivity contribution in [1.29, 1.82) is 0 Å². The molecular formula is C15H28O3. The summed E-state index contributed by atoms with van der Waals surface area (Å²) in [5.41, 5.74) is 0.256. The molecule has 0 amide bonds. The molecule has 0 aromatic heterocycles. The Balaban J connectivity index is 4.23. The molecule has 0 saturated carbocycles. The first kappa shape index (κ1) is 17.2. The lowest BCUT2D eigenvalue weighted by molar-refractivity contribution is -0.156. The van der Waals surface area contributed by atoms with Crippen LogP contribution in [-0.2, 0) is 9.53 Å². The van der Waals surface area contributed by atoms with E-state index in [1.165, 1.54) is 0 Å². The van der Waals surface area contributed by atoms with Gasteiger partial charge in [-0.25, -0.2) is 0 Å². The first-order valence-corrected chi connectivity index (χ1v) is 6.60. The molecule has 0 aliphatic heterocycles. The fraction of sp³-hybridized carbons (Fsp3) is 0.800. The SMILES string of the molecule is C=C(C[C@@H](O)CC(C)C)[C@H](C)OC(=O)C(C)(C)C. The highest BCUT2D eigenvalue weighted by molar-refractivity contribution is 5.75. The fourth-order valence-electron chi connectivity index (χ4n) is 1.52. The number of esters is 1. The number of hydrogen-bond acceptors (Lipinski definition) is 3. The first-order chi connectivity index (χ1) is 8.04. The van der Waals surface area contributed by atoms with Gasteiger partial charge in [-0.3, -0.25) is 4.79 Å². The molecule has 2 atom stereocenters. The average Bonchev–Trinajstić information content (AvgIpc) is 2.14. The highest BCUT2D eigenvalue weighted by atomic mass is 16.5. The fourth-order valence-corrected chi connectivity index (χ4v) is 1.52. The summed E-state index contributed by atoms with van der Waals surface area (Å²) in [6.45, 7) is 15.3. The lowest BCUT2D eigenvalue weighted by Gasteiger charge is -2.23. The van der Waals surface area contributed by atoms with Crippen molar-refractivity contribution in [1.82, 2.24) is 0 Å². The summed E-state index contributed by atoms with van der Waals surface area (Å²) in [6, 6.07) is 0. The maximum Gasteiger partial charge on any atom is 0.311 e. The van der Waals surface area contributed by atoms with Crippen LogP contribution in [0.1, 0.15) is 54.4 Å². The van der Waals surface area contributed by atoms with Crippen molar-refractivity contribution < 1.29 is 14.6 Å². The van der Waals surface area contributed by atoms with Gasteiger partial charge in [0.15, 0.2) is 0 Å². The second-order valence-electron chi connectivity index (χ2n) is 6.44. The molecule has 3 heteroatoms. The Kier molecular flexibility index (Phi) is 6.61. The third-order valence-corrected chi connectivity index (χ3v) is 2.71. The van der Waals surface area contributed by atoms with Gasteiger partial charge in [-0.2, -0.15) is 0 Å². The molecule has 1 N–H and O–H groups in total. The van der Waals surface area contributed by atoms with Crippen LogP contribution in [0.2, 0.25) is 0 Å². The second-order valence-corrected chi connectivity index (χ2v) is 6.44. The molecule has 0 unspecified atom stereocenters. The maximum atomic E-state index is 11.7. The van der Waals surface area contributed by atoms with E-state index in [4.69, 9.17) is 4.74 Å². The van der Waals surface area contributed by atoms with E-state index in [9.17, 15) is 9.90 Å². The van der Waals surface area contributed by atoms with Crippen LogP contribution in [-0.4, -0.2) is 23.3 Å². The summed E-state index contributed by atoms with van der Waals surface area (Å²) in [6.07, 6.45) is 0.460. The van der Waals surface area contributed by atoms with Gasteiger partial charge in [0.25, 0.3) is 0 Å². The van der Waals surface area contributed by atoms with E-state index in [0.29, 0.717) is 12.3 Å². The molecule has 0 bridgehead atoms. The Morgan fingerprint density at radius 3 is 2.17 bits per heavy atom. The standard InChI is InChI=1S/C15H28O3/c1-10(2)8-13(16)9-11(3)12(4)18-14(17)15(5,6)7/h10,12-13,16H,3,8-9H2,1-2,4-7H3/t12-,13-/m0/s1. The maximum absolute atomic E-state index is 11.7. The van der Waals surface area contributed by atoms with E-state index in [1.807, 2.05) is 20.8 Å². The Labute approximate surface area is 111 Å². The number of hydrogen-bond donors (Lipinski definition) is 1. The molecule has 0 radical (unpaired) electrons. The summed E-state index contributed by atoms with van der Waals surface area (Å²) >= 11 is 0. The minimum absolute atomic E-state index is 0.241. The van der Waals surface area contributed by atoms with Crippen LogP contribution >= 0.6 is 0 Å². The molecule has 0 aliphatic rings. The minimum Gasteiger partial charge on any atom is -0.458 e. The first-order valence-electron chi connectivity index (χ1n) is 6.60. The van der Waals surface area contributed by atoms with Crippen LogP contribution in [0.15, 0.2) is 12.2 Å². The van der Waals surface area contributed by atoms with Gasteiger partial charge in [-0.05, 0) is 52.0 Å². The van der Waals surface area contributed by atoms with E-state index in [2.05, 4.69) is 20.4 Å². The average molecular weight is 256 g/mol. The minimum atomic E-state index is -0.509. The number of carbonyl (C=O) groups is 1. The number of aliphatic hydroxyl groups is 1. The van der Waals surface area contributed by atoms with Gasteiger partial charge >= 0.3 is 5.97 Å². The molecule has 0 heterocycles. The largest absolute Gasteiger partial charge is 0.458 e. The van der Waals surface area contributed by atoms with Crippen LogP contribution in [0.3, 0.4) is 0 Å². The Morgan fingerprint density at radius 2 is 1.78 bits per heavy atom. The predicted molar refractivity (Wildman–Crippen MR) is 74.2 cm³/mol. The van der Waals surface area contributed by atoms with Gasteiger partial charge in [-0.1, -0.05) is 20.4 Å². The third-order valence-electron chi connectivity index (χ3n) is 2.71. The van der Waals surface area contributed by atoms with Crippen molar-refractivity contribution in [3.8, 4) is 0 Å². The van der Waals surface area contributed by atoms with Crippen LogP contribution in [0.5, 0.6) is 0 Å². The van der Waals surface area contributed by atoms with Crippen molar-refractivity contribution in [3.63, 3.8) is 0 Å². The number of ether oxygens (including phenoxy) is 1. The Morgan fingerprint density at radius 1 is 1.28 bits per heavy atom. The van der Waals surface area contributed by atoms with Gasteiger partial charge in [0, 0.05) is 0 Å². The number of aliphatic hydroxyl groups excluding tert-OH is 1. The van der Waals surface area contributed by atoms with E-state index < -0.39 is 11.5 Å². The summed E-state index contributed by atoms with van der Waals surface area (Å²) in [7, 11) is 0. The molecule has 0 rings (SSSR count). The quantitative estimate of drug-likeness (QED) is 0.586. The van der Waals surface area contributed by atoms with Gasteiger partial charge in [0.2, 0.25) is 0 Å². The van der Waals surface area contributed by atoms with Crippen molar-refractivity contribution in [2.45, 2.75) is 66.6 Å². The lowest BCUT2D eigenvalue weighted by atomic mass is 9.96. The van der Waals surface area contributed by atoms with E-state index in [-0.39, 0.29) is 12.1 Å². The zero-order valence-corrected chi connectivity index (χ0v) is 12.6. The van der Waals surface area contributed by atoms with Crippen LogP contribution in [0.25, 0.3) is 0 Å². The zero-order chi connectivity index (χ0) is 14.5. The molecular weight excluding hydrogens is 228 g/mol. The number of carbonyl (C=O) groups excluding carboxylic acids is 1. The van der Waals surface area contributed by atoms with Gasteiger partial charge in [0.05, 0.1) is 11.5 Å². The molecule has 0 aliphatic carbocycles. The van der Waals surface area contributed by atoms with Crippen LogP contribution in [0.4, 0.5) is 0 Å². The lowest BCUT2D eigenvalue weighted by Crippen LogP contribution is -2.28. The highest BCUT2D eigenvalue weighted by Crippen LogP contribution is 2.21. The molecule has 106 valence electrons. The van der Waals surface area contributed by atoms with E-state index in [1.54, 1.807) is 6.92 Å². The van der Waals surface area contributed by atoms with Crippen LogP contribution in [0, 0.1) is 11.3 Å². The summed E-state index contributed by atoms with van der Waals surface area (Å²) in [5.74, 6) is 0.203. The van der Waals surface area contributed by atoms with E-state index >= 15 is 0 Å². The molecule has 0 saturated heterocycles. The molecule has 0 fully saturated rings. The third kappa shape index (κ3) is 6.80. The van der Waals surface area contributed by atoms with Gasteiger partial charge < -0.3 is 9.84 Å². The summed E-state index contributed by atoms with van der Waals surface area (Å²) < 4.78 is 5.33. The topological polar surface area (TPSA) is 46.5 Å². The monoisotopic (exact) mass is 256 g/mol. The summed E-state index contributed by atoms with van der Waals surface area (Å²) in [4.78, 5) is 11.7. The normalized spacial score (nSPS) is 15.3.